The van der Waals surface area contributed by atoms with Crippen molar-refractivity contribution in [2.75, 3.05) is 0 Å². The molecular weight excluding hydrogens is 282 g/mol. The van der Waals surface area contributed by atoms with E-state index >= 15 is 0 Å². The fraction of sp³-hybridized carbons (Fsp3) is 0.538. The molecule has 3 rings (SSSR count). The average molecular weight is 298 g/mol. The number of hydrogen-bond donors (Lipinski definition) is 1. The van der Waals surface area contributed by atoms with E-state index in [1.807, 2.05) is 12.1 Å². The molecule has 2 N–H and O–H groups in total. The van der Waals surface area contributed by atoms with E-state index in [0.29, 0.717) is 16.1 Å². The first-order chi connectivity index (χ1) is 9.17. The molecular formula is C13H16ClN3OS. The Morgan fingerprint density at radius 3 is 2.58 bits per heavy atom. The minimum absolute atomic E-state index is 0.431. The molecule has 0 bridgehead atoms. The molecule has 2 aromatic rings. The van der Waals surface area contributed by atoms with Gasteiger partial charge in [-0.05, 0) is 25.0 Å². The van der Waals surface area contributed by atoms with Crippen LogP contribution in [0.4, 0.5) is 0 Å². The summed E-state index contributed by atoms with van der Waals surface area (Å²) in [7, 11) is 0. The monoisotopic (exact) mass is 297 g/mol. The van der Waals surface area contributed by atoms with Crippen molar-refractivity contribution in [1.29, 1.82) is 0 Å². The summed E-state index contributed by atoms with van der Waals surface area (Å²) >= 11 is 7.35. The van der Waals surface area contributed by atoms with E-state index in [9.17, 15) is 0 Å². The lowest BCUT2D eigenvalue weighted by atomic mass is 9.91. The molecule has 0 saturated heterocycles. The van der Waals surface area contributed by atoms with Crippen LogP contribution in [0.25, 0.3) is 10.8 Å². The van der Waals surface area contributed by atoms with Crippen molar-refractivity contribution in [3.05, 3.63) is 22.3 Å². The molecule has 0 aliphatic heterocycles. The Morgan fingerprint density at radius 1 is 1.21 bits per heavy atom. The number of rotatable bonds is 2. The molecule has 0 aromatic carbocycles. The van der Waals surface area contributed by atoms with E-state index in [1.165, 1.54) is 24.2 Å². The van der Waals surface area contributed by atoms with Crippen molar-refractivity contribution in [3.8, 4) is 10.8 Å². The second-order valence-corrected chi connectivity index (χ2v) is 6.81. The van der Waals surface area contributed by atoms with E-state index in [-0.39, 0.29) is 0 Å². The van der Waals surface area contributed by atoms with Crippen LogP contribution in [-0.4, -0.2) is 10.1 Å². The predicted octanol–water partition coefficient (Wildman–Crippen LogP) is 3.96. The van der Waals surface area contributed by atoms with Crippen molar-refractivity contribution in [2.24, 2.45) is 5.73 Å². The summed E-state index contributed by atoms with van der Waals surface area (Å²) in [6.45, 7) is 0. The maximum Gasteiger partial charge on any atom is 0.268 e. The first-order valence-corrected chi connectivity index (χ1v) is 7.76. The number of halogens is 1. The van der Waals surface area contributed by atoms with Crippen LogP contribution < -0.4 is 5.73 Å². The van der Waals surface area contributed by atoms with Gasteiger partial charge in [0, 0.05) is 0 Å². The molecule has 0 atom stereocenters. The van der Waals surface area contributed by atoms with Crippen LogP contribution in [0.3, 0.4) is 0 Å². The Kier molecular flexibility index (Phi) is 3.60. The maximum absolute atomic E-state index is 6.47. The Morgan fingerprint density at radius 2 is 1.95 bits per heavy atom. The summed E-state index contributed by atoms with van der Waals surface area (Å²) < 4.78 is 6.05. The van der Waals surface area contributed by atoms with Gasteiger partial charge in [0.2, 0.25) is 0 Å². The molecule has 0 spiro atoms. The smallest absolute Gasteiger partial charge is 0.268 e. The SMILES string of the molecule is NC1(c2noc(-c3ccc(Cl)s3)n2)CCCCCC1. The Balaban J connectivity index is 1.87. The molecule has 0 radical (unpaired) electrons. The van der Waals surface area contributed by atoms with Gasteiger partial charge in [-0.2, -0.15) is 4.98 Å². The highest BCUT2D eigenvalue weighted by Gasteiger charge is 2.33. The van der Waals surface area contributed by atoms with Crippen LogP contribution in [0.15, 0.2) is 16.7 Å². The molecule has 1 fully saturated rings. The normalized spacial score (nSPS) is 19.3. The lowest BCUT2D eigenvalue weighted by molar-refractivity contribution is 0.334. The van der Waals surface area contributed by atoms with Gasteiger partial charge in [-0.25, -0.2) is 0 Å². The zero-order chi connectivity index (χ0) is 13.3. The molecule has 1 saturated carbocycles. The molecule has 4 nitrogen and oxygen atoms in total. The van der Waals surface area contributed by atoms with E-state index in [0.717, 1.165) is 30.6 Å². The van der Waals surface area contributed by atoms with E-state index in [1.54, 1.807) is 0 Å². The fourth-order valence-electron chi connectivity index (χ4n) is 2.54. The van der Waals surface area contributed by atoms with E-state index in [2.05, 4.69) is 10.1 Å². The Hall–Kier alpha value is -0.910. The zero-order valence-corrected chi connectivity index (χ0v) is 12.1. The minimum Gasteiger partial charge on any atom is -0.333 e. The summed E-state index contributed by atoms with van der Waals surface area (Å²) in [5.74, 6) is 1.15. The van der Waals surface area contributed by atoms with Crippen molar-refractivity contribution in [1.82, 2.24) is 10.1 Å². The minimum atomic E-state index is -0.431. The molecule has 102 valence electrons. The Bertz CT molecular complexity index is 558. The lowest BCUT2D eigenvalue weighted by Gasteiger charge is -2.23. The first-order valence-electron chi connectivity index (χ1n) is 6.56. The molecule has 0 amide bonds. The molecule has 2 aromatic heterocycles. The van der Waals surface area contributed by atoms with Gasteiger partial charge in [-0.3, -0.25) is 0 Å². The van der Waals surface area contributed by atoms with Crippen LogP contribution in [0.1, 0.15) is 44.3 Å². The molecule has 1 aliphatic carbocycles. The van der Waals surface area contributed by atoms with E-state index < -0.39 is 5.54 Å². The molecule has 2 heterocycles. The van der Waals surface area contributed by atoms with Gasteiger partial charge in [0.15, 0.2) is 5.82 Å². The molecule has 19 heavy (non-hydrogen) atoms. The second kappa shape index (κ2) is 5.23. The van der Waals surface area contributed by atoms with Crippen molar-refractivity contribution in [3.63, 3.8) is 0 Å². The van der Waals surface area contributed by atoms with Gasteiger partial charge >= 0.3 is 0 Å². The topological polar surface area (TPSA) is 64.9 Å². The zero-order valence-electron chi connectivity index (χ0n) is 10.6. The average Bonchev–Trinajstić information content (AvgIpc) is 2.97. The summed E-state index contributed by atoms with van der Waals surface area (Å²) in [6, 6.07) is 3.72. The van der Waals surface area contributed by atoms with Gasteiger partial charge in [0.05, 0.1) is 14.8 Å². The summed E-state index contributed by atoms with van der Waals surface area (Å²) in [5, 5.41) is 4.09. The quantitative estimate of drug-likeness (QED) is 0.852. The van der Waals surface area contributed by atoms with Crippen LogP contribution in [0.5, 0.6) is 0 Å². The largest absolute Gasteiger partial charge is 0.333 e. The Labute approximate surface area is 121 Å². The highest BCUT2D eigenvalue weighted by atomic mass is 35.5. The van der Waals surface area contributed by atoms with Crippen LogP contribution in [-0.2, 0) is 5.54 Å². The third-order valence-electron chi connectivity index (χ3n) is 3.65. The lowest BCUT2D eigenvalue weighted by Crippen LogP contribution is -2.37. The van der Waals surface area contributed by atoms with Gasteiger partial charge in [0.25, 0.3) is 5.89 Å². The van der Waals surface area contributed by atoms with Crippen molar-refractivity contribution < 1.29 is 4.52 Å². The third-order valence-corrected chi connectivity index (χ3v) is 4.87. The first kappa shape index (κ1) is 13.1. The summed E-state index contributed by atoms with van der Waals surface area (Å²) in [6.07, 6.45) is 6.60. The number of nitrogens with zero attached hydrogens (tertiary/aromatic N) is 2. The van der Waals surface area contributed by atoms with Crippen LogP contribution in [0.2, 0.25) is 4.34 Å². The molecule has 1 aliphatic rings. The maximum atomic E-state index is 6.47. The summed E-state index contributed by atoms with van der Waals surface area (Å²) in [4.78, 5) is 5.37. The molecule has 0 unspecified atom stereocenters. The highest BCUT2D eigenvalue weighted by molar-refractivity contribution is 7.19. The van der Waals surface area contributed by atoms with Gasteiger partial charge in [-0.15, -0.1) is 11.3 Å². The summed E-state index contributed by atoms with van der Waals surface area (Å²) in [5.41, 5.74) is 6.04. The van der Waals surface area contributed by atoms with E-state index in [4.69, 9.17) is 21.9 Å². The second-order valence-electron chi connectivity index (χ2n) is 5.10. The molecule has 6 heteroatoms. The predicted molar refractivity (Wildman–Crippen MR) is 76.2 cm³/mol. The fourth-order valence-corrected chi connectivity index (χ4v) is 3.50. The van der Waals surface area contributed by atoms with Gasteiger partial charge in [-0.1, -0.05) is 42.4 Å². The van der Waals surface area contributed by atoms with Gasteiger partial charge in [0.1, 0.15) is 0 Å². The van der Waals surface area contributed by atoms with Crippen LogP contribution in [0, 0.1) is 0 Å². The number of thiophene rings is 1. The number of hydrogen-bond acceptors (Lipinski definition) is 5. The van der Waals surface area contributed by atoms with Crippen molar-refractivity contribution >= 4 is 22.9 Å². The third kappa shape index (κ3) is 2.68. The van der Waals surface area contributed by atoms with Gasteiger partial charge < -0.3 is 10.3 Å². The van der Waals surface area contributed by atoms with Crippen LogP contribution >= 0.6 is 22.9 Å². The number of aromatic nitrogens is 2. The standard InChI is InChI=1S/C13H16ClN3OS/c14-10-6-5-9(19-10)11-16-12(17-18-11)13(15)7-3-1-2-4-8-13/h5-6H,1-4,7-8,15H2. The van der Waals surface area contributed by atoms with Crippen molar-refractivity contribution in [2.45, 2.75) is 44.1 Å². The highest BCUT2D eigenvalue weighted by Crippen LogP contribution is 2.35. The number of nitrogens with two attached hydrogens (primary N) is 1.